The molecule has 1 heteroatoms. The highest BCUT2D eigenvalue weighted by Gasteiger charge is 2.17. The molecule has 0 bridgehead atoms. The van der Waals surface area contributed by atoms with Crippen LogP contribution in [0, 0.1) is 27.6 Å². The van der Waals surface area contributed by atoms with Gasteiger partial charge in [-0.2, -0.15) is 0 Å². The smallest absolute Gasteiger partial charge is 0.201 e. The average molecular weight is 308 g/mol. The molecule has 0 unspecified atom stereocenters. The first-order valence-corrected chi connectivity index (χ1v) is 7.62. The third-order valence-corrected chi connectivity index (χ3v) is 4.24. The summed E-state index contributed by atoms with van der Waals surface area (Å²) < 4.78 is 49.8. The fraction of sp³-hybridized carbons (Fsp3) is 0.227. The predicted molar refractivity (Wildman–Crippen MR) is 97.4 cm³/mol. The molecule has 1 aromatic heterocycles. The second-order valence-corrected chi connectivity index (χ2v) is 5.91. The largest absolute Gasteiger partial charge is 0.212 e. The lowest BCUT2D eigenvalue weighted by Gasteiger charge is -2.16. The molecule has 0 amide bonds. The van der Waals surface area contributed by atoms with E-state index < -0.39 is 13.7 Å². The van der Waals surface area contributed by atoms with Gasteiger partial charge in [-0.1, -0.05) is 30.3 Å². The van der Waals surface area contributed by atoms with Gasteiger partial charge >= 0.3 is 0 Å². The Balaban J connectivity index is 2.41. The molecule has 2 aromatic carbocycles. The Labute approximate surface area is 147 Å². The fourth-order valence-electron chi connectivity index (χ4n) is 2.98. The molecule has 0 saturated heterocycles. The van der Waals surface area contributed by atoms with Gasteiger partial charge in [0.25, 0.3) is 0 Å². The highest BCUT2D eigenvalue weighted by atomic mass is 14.9. The number of hydrogen-bond donors (Lipinski definition) is 0. The van der Waals surface area contributed by atoms with Crippen LogP contribution in [0.3, 0.4) is 0 Å². The lowest BCUT2D eigenvalue weighted by atomic mass is 9.89. The van der Waals surface area contributed by atoms with Crippen LogP contribution in [0.5, 0.6) is 0 Å². The topological polar surface area (TPSA) is 3.88 Å². The van der Waals surface area contributed by atoms with Crippen molar-refractivity contribution >= 4 is 0 Å². The predicted octanol–water partition coefficient (Wildman–Crippen LogP) is 5.08. The summed E-state index contributed by atoms with van der Waals surface area (Å²) in [7, 11) is 1.93. The summed E-state index contributed by atoms with van der Waals surface area (Å²) in [6.45, 7) is -0.854. The van der Waals surface area contributed by atoms with Crippen molar-refractivity contribution < 1.29 is 12.8 Å². The van der Waals surface area contributed by atoms with Crippen LogP contribution in [0.2, 0.25) is 0 Å². The Hall–Kier alpha value is -2.41. The van der Waals surface area contributed by atoms with Crippen LogP contribution in [-0.4, -0.2) is 0 Å². The maximum Gasteiger partial charge on any atom is 0.212 e. The third-order valence-electron chi connectivity index (χ3n) is 4.24. The molecule has 23 heavy (non-hydrogen) atoms. The Morgan fingerprint density at radius 1 is 0.870 bits per heavy atom. The molecule has 0 atom stereocenters. The first kappa shape index (κ1) is 9.67. The lowest BCUT2D eigenvalue weighted by molar-refractivity contribution is -0.660. The van der Waals surface area contributed by atoms with Gasteiger partial charge in [0.2, 0.25) is 5.69 Å². The molecular weight excluding hydrogens is 278 g/mol. The van der Waals surface area contributed by atoms with Gasteiger partial charge in [0, 0.05) is 25.9 Å². The number of rotatable bonds is 2. The molecule has 3 rings (SSSR count). The van der Waals surface area contributed by atoms with Gasteiger partial charge < -0.3 is 0 Å². The van der Waals surface area contributed by atoms with Gasteiger partial charge in [0.15, 0.2) is 6.20 Å². The fourth-order valence-corrected chi connectivity index (χ4v) is 2.98. The van der Waals surface area contributed by atoms with Crippen molar-refractivity contribution in [3.8, 4) is 22.4 Å². The number of pyridine rings is 1. The van der Waals surface area contributed by atoms with Crippen molar-refractivity contribution in [2.24, 2.45) is 7.05 Å². The van der Waals surface area contributed by atoms with Crippen LogP contribution in [-0.2, 0) is 7.05 Å². The minimum Gasteiger partial charge on any atom is -0.201 e. The van der Waals surface area contributed by atoms with Crippen molar-refractivity contribution in [3.05, 3.63) is 77.0 Å². The molecule has 3 aromatic rings. The van der Waals surface area contributed by atoms with Crippen LogP contribution in [0.4, 0.5) is 0 Å². The van der Waals surface area contributed by atoms with Gasteiger partial charge in [0.1, 0.15) is 7.05 Å². The van der Waals surface area contributed by atoms with Gasteiger partial charge in [-0.25, -0.2) is 4.57 Å². The van der Waals surface area contributed by atoms with E-state index in [1.165, 1.54) is 0 Å². The molecule has 0 aliphatic rings. The number of hydrogen-bond acceptors (Lipinski definition) is 0. The Kier molecular flexibility index (Phi) is 2.52. The van der Waals surface area contributed by atoms with E-state index in [9.17, 15) is 0 Å². The maximum absolute atomic E-state index is 8.03. The Bertz CT molecular complexity index is 1060. The van der Waals surface area contributed by atoms with Crippen molar-refractivity contribution in [1.82, 2.24) is 0 Å². The molecule has 0 aliphatic heterocycles. The molecular formula is C22H24N+. The summed E-state index contributed by atoms with van der Waals surface area (Å²) in [5.41, 5.74) is 4.86. The van der Waals surface area contributed by atoms with Crippen molar-refractivity contribution in [3.63, 3.8) is 0 Å². The Morgan fingerprint density at radius 3 is 2.43 bits per heavy atom. The van der Waals surface area contributed by atoms with E-state index in [0.29, 0.717) is 11.1 Å². The zero-order valence-electron chi connectivity index (χ0n) is 19.6. The van der Waals surface area contributed by atoms with E-state index in [0.717, 1.165) is 22.4 Å². The lowest BCUT2D eigenvalue weighted by Crippen LogP contribution is -2.30. The molecule has 116 valence electrons. The van der Waals surface area contributed by atoms with Crippen LogP contribution in [0.25, 0.3) is 22.4 Å². The summed E-state index contributed by atoms with van der Waals surface area (Å²) in [5, 5.41) is 0. The molecule has 0 spiro atoms. The molecule has 0 saturated carbocycles. The minimum absolute atomic E-state index is 0.152. The summed E-state index contributed by atoms with van der Waals surface area (Å²) in [6.07, 6.45) is 1.96. The van der Waals surface area contributed by atoms with Gasteiger partial charge in [0.05, 0.1) is 0 Å². The van der Waals surface area contributed by atoms with E-state index in [4.69, 9.17) is 8.22 Å². The molecule has 1 nitrogen and oxygen atoms in total. The Morgan fingerprint density at radius 2 is 1.65 bits per heavy atom. The van der Waals surface area contributed by atoms with Crippen LogP contribution in [0.1, 0.15) is 30.5 Å². The summed E-state index contributed by atoms with van der Waals surface area (Å²) in [6, 6.07) is 14.1. The SMILES string of the molecule is [2H]C([2H])([2H])c1ccccc1-c1c(C([2H])([2H])[2H])ccc(-c2cc(C)cc[n+]2C)c1C. The second-order valence-electron chi connectivity index (χ2n) is 5.91. The van der Waals surface area contributed by atoms with Gasteiger partial charge in [-0.15, -0.1) is 0 Å². The molecule has 1 heterocycles. The van der Waals surface area contributed by atoms with Gasteiger partial charge in [-0.05, 0) is 67.0 Å². The van der Waals surface area contributed by atoms with Crippen LogP contribution >= 0.6 is 0 Å². The van der Waals surface area contributed by atoms with E-state index in [-0.39, 0.29) is 11.1 Å². The van der Waals surface area contributed by atoms with E-state index in [1.807, 2.05) is 49.9 Å². The summed E-state index contributed by atoms with van der Waals surface area (Å²) >= 11 is 0. The highest BCUT2D eigenvalue weighted by molar-refractivity contribution is 5.80. The monoisotopic (exact) mass is 308 g/mol. The van der Waals surface area contributed by atoms with Gasteiger partial charge in [-0.3, -0.25) is 0 Å². The first-order chi connectivity index (χ1) is 13.4. The van der Waals surface area contributed by atoms with Crippen molar-refractivity contribution in [2.75, 3.05) is 0 Å². The van der Waals surface area contributed by atoms with E-state index >= 15 is 0 Å². The molecule has 0 radical (unpaired) electrons. The highest BCUT2D eigenvalue weighted by Crippen LogP contribution is 2.35. The zero-order valence-corrected chi connectivity index (χ0v) is 13.6. The second kappa shape index (κ2) is 6.00. The molecule has 0 aliphatic carbocycles. The first-order valence-electron chi connectivity index (χ1n) is 10.6. The molecule has 0 N–H and O–H groups in total. The number of nitrogens with zero attached hydrogens (tertiary/aromatic N) is 1. The van der Waals surface area contributed by atoms with E-state index in [1.54, 1.807) is 30.3 Å². The van der Waals surface area contributed by atoms with E-state index in [2.05, 4.69) is 0 Å². The zero-order chi connectivity index (χ0) is 21.6. The summed E-state index contributed by atoms with van der Waals surface area (Å²) in [5.74, 6) is 0. The van der Waals surface area contributed by atoms with Crippen LogP contribution < -0.4 is 4.57 Å². The normalized spacial score (nSPS) is 15.8. The number of benzene rings is 2. The molecule has 0 fully saturated rings. The van der Waals surface area contributed by atoms with Crippen molar-refractivity contribution in [1.29, 1.82) is 0 Å². The van der Waals surface area contributed by atoms with Crippen LogP contribution in [0.15, 0.2) is 54.7 Å². The quantitative estimate of drug-likeness (QED) is 0.581. The average Bonchev–Trinajstić information content (AvgIpc) is 2.62. The minimum atomic E-state index is -2.37. The standard InChI is InChI=1S/C22H24N/c1-15-12-13-23(5)21(14-15)20-11-10-17(3)22(18(20)4)19-9-7-6-8-16(19)2/h6-14H,1-5H3/q+1/i2D3,3D3. The maximum atomic E-state index is 8.03. The van der Waals surface area contributed by atoms with Crippen molar-refractivity contribution in [2.45, 2.75) is 27.6 Å². The third kappa shape index (κ3) is 2.79. The number of aryl methyl sites for hydroxylation is 4. The number of aromatic nitrogens is 1. The summed E-state index contributed by atoms with van der Waals surface area (Å²) in [4.78, 5) is 0.